The van der Waals surface area contributed by atoms with Gasteiger partial charge in [-0.25, -0.2) is 5.48 Å². The second-order valence-corrected chi connectivity index (χ2v) is 3.80. The highest BCUT2D eigenvalue weighted by molar-refractivity contribution is 5.74. The fourth-order valence-corrected chi connectivity index (χ4v) is 1.27. The Hall–Kier alpha value is -1.55. The van der Waals surface area contributed by atoms with Crippen LogP contribution in [-0.4, -0.2) is 19.1 Å². The van der Waals surface area contributed by atoms with Crippen LogP contribution in [-0.2, 0) is 9.63 Å². The summed E-state index contributed by atoms with van der Waals surface area (Å²) in [6, 6.07) is 5.88. The molecule has 0 saturated carbocycles. The third-order valence-electron chi connectivity index (χ3n) is 2.41. The largest absolute Gasteiger partial charge is 0.493 e. The van der Waals surface area contributed by atoms with E-state index >= 15 is 0 Å². The lowest BCUT2D eigenvalue weighted by atomic mass is 10.1. The van der Waals surface area contributed by atoms with Crippen molar-refractivity contribution in [3.05, 3.63) is 29.3 Å². The molecule has 0 aliphatic carbocycles. The standard InChI is InChI=1S/C13H19NO3/c1-4-17-14-13(15)7-8-16-12-6-5-10(2)11(3)9-12/h5-6,9H,4,7-8H2,1-3H3,(H,14,15). The van der Waals surface area contributed by atoms with Gasteiger partial charge in [0, 0.05) is 0 Å². The molecular weight excluding hydrogens is 218 g/mol. The van der Waals surface area contributed by atoms with E-state index in [1.54, 1.807) is 0 Å². The number of ether oxygens (including phenoxy) is 1. The Balaban J connectivity index is 2.30. The maximum absolute atomic E-state index is 11.2. The van der Waals surface area contributed by atoms with Gasteiger partial charge in [0.05, 0.1) is 19.6 Å². The molecular formula is C13H19NO3. The zero-order valence-electron chi connectivity index (χ0n) is 10.6. The van der Waals surface area contributed by atoms with E-state index in [4.69, 9.17) is 9.57 Å². The molecule has 4 nitrogen and oxygen atoms in total. The number of hydroxylamine groups is 1. The highest BCUT2D eigenvalue weighted by Gasteiger charge is 2.02. The Bertz CT molecular complexity index is 377. The van der Waals surface area contributed by atoms with Crippen molar-refractivity contribution in [1.29, 1.82) is 0 Å². The van der Waals surface area contributed by atoms with Crippen LogP contribution in [0.5, 0.6) is 5.75 Å². The van der Waals surface area contributed by atoms with Gasteiger partial charge in [-0.15, -0.1) is 0 Å². The summed E-state index contributed by atoms with van der Waals surface area (Å²) in [7, 11) is 0. The molecule has 0 bridgehead atoms. The summed E-state index contributed by atoms with van der Waals surface area (Å²) >= 11 is 0. The summed E-state index contributed by atoms with van der Waals surface area (Å²) < 4.78 is 5.48. The first-order valence-electron chi connectivity index (χ1n) is 5.74. The normalized spacial score (nSPS) is 10.1. The van der Waals surface area contributed by atoms with Crippen molar-refractivity contribution in [2.75, 3.05) is 13.2 Å². The molecule has 94 valence electrons. The van der Waals surface area contributed by atoms with Crippen LogP contribution >= 0.6 is 0 Å². The van der Waals surface area contributed by atoms with E-state index < -0.39 is 0 Å². The molecule has 0 spiro atoms. The van der Waals surface area contributed by atoms with Gasteiger partial charge in [0.25, 0.3) is 0 Å². The Morgan fingerprint density at radius 3 is 2.71 bits per heavy atom. The molecule has 0 saturated heterocycles. The molecule has 0 heterocycles. The number of carbonyl (C=O) groups is 1. The number of amides is 1. The predicted molar refractivity (Wildman–Crippen MR) is 65.8 cm³/mol. The van der Waals surface area contributed by atoms with E-state index in [1.165, 1.54) is 11.1 Å². The first-order chi connectivity index (χ1) is 8.13. The van der Waals surface area contributed by atoms with Crippen molar-refractivity contribution in [1.82, 2.24) is 5.48 Å². The van der Waals surface area contributed by atoms with Gasteiger partial charge in [-0.1, -0.05) is 6.07 Å². The molecule has 4 heteroatoms. The number of nitrogens with one attached hydrogen (secondary N) is 1. The maximum atomic E-state index is 11.2. The topological polar surface area (TPSA) is 47.6 Å². The van der Waals surface area contributed by atoms with Gasteiger partial charge in [-0.3, -0.25) is 9.63 Å². The number of hydrogen-bond donors (Lipinski definition) is 1. The van der Waals surface area contributed by atoms with Crippen molar-refractivity contribution in [3.8, 4) is 5.75 Å². The second-order valence-electron chi connectivity index (χ2n) is 3.80. The molecule has 0 aromatic heterocycles. The molecule has 1 aromatic carbocycles. The number of hydrogen-bond acceptors (Lipinski definition) is 3. The van der Waals surface area contributed by atoms with E-state index in [0.717, 1.165) is 5.75 Å². The second kappa shape index (κ2) is 6.91. The zero-order chi connectivity index (χ0) is 12.7. The molecule has 1 rings (SSSR count). The lowest BCUT2D eigenvalue weighted by Gasteiger charge is -2.08. The Kier molecular flexibility index (Phi) is 5.49. The van der Waals surface area contributed by atoms with Crippen LogP contribution in [0, 0.1) is 13.8 Å². The Morgan fingerprint density at radius 1 is 1.29 bits per heavy atom. The number of aryl methyl sites for hydroxylation is 2. The summed E-state index contributed by atoms with van der Waals surface area (Å²) in [4.78, 5) is 16.0. The van der Waals surface area contributed by atoms with E-state index in [2.05, 4.69) is 12.4 Å². The highest BCUT2D eigenvalue weighted by atomic mass is 16.6. The van der Waals surface area contributed by atoms with Crippen molar-refractivity contribution >= 4 is 5.91 Å². The highest BCUT2D eigenvalue weighted by Crippen LogP contribution is 2.16. The molecule has 0 fully saturated rings. The third kappa shape index (κ3) is 4.87. The fourth-order valence-electron chi connectivity index (χ4n) is 1.27. The molecule has 0 aliphatic rings. The van der Waals surface area contributed by atoms with E-state index in [-0.39, 0.29) is 12.3 Å². The minimum Gasteiger partial charge on any atom is -0.493 e. The molecule has 0 unspecified atom stereocenters. The van der Waals surface area contributed by atoms with E-state index in [1.807, 2.05) is 32.0 Å². The van der Waals surface area contributed by atoms with Gasteiger partial charge in [-0.2, -0.15) is 0 Å². The lowest BCUT2D eigenvalue weighted by molar-refractivity contribution is -0.133. The van der Waals surface area contributed by atoms with Crippen LogP contribution in [0.4, 0.5) is 0 Å². The molecule has 17 heavy (non-hydrogen) atoms. The number of benzene rings is 1. The molecule has 1 N–H and O–H groups in total. The van der Waals surface area contributed by atoms with Crippen LogP contribution in [0.15, 0.2) is 18.2 Å². The molecule has 0 aliphatic heterocycles. The van der Waals surface area contributed by atoms with Gasteiger partial charge < -0.3 is 4.74 Å². The average molecular weight is 237 g/mol. The van der Waals surface area contributed by atoms with Gasteiger partial charge in [0.2, 0.25) is 5.91 Å². The SMILES string of the molecule is CCONC(=O)CCOc1ccc(C)c(C)c1. The summed E-state index contributed by atoms with van der Waals surface area (Å²) in [5.41, 5.74) is 4.73. The summed E-state index contributed by atoms with van der Waals surface area (Å²) in [6.45, 7) is 6.70. The first-order valence-corrected chi connectivity index (χ1v) is 5.74. The van der Waals surface area contributed by atoms with Crippen molar-refractivity contribution in [2.24, 2.45) is 0 Å². The van der Waals surface area contributed by atoms with E-state index in [9.17, 15) is 4.79 Å². The Labute approximate surface area is 102 Å². The quantitative estimate of drug-likeness (QED) is 0.771. The Morgan fingerprint density at radius 2 is 2.06 bits per heavy atom. The molecule has 0 radical (unpaired) electrons. The van der Waals surface area contributed by atoms with Crippen molar-refractivity contribution in [3.63, 3.8) is 0 Å². The van der Waals surface area contributed by atoms with Crippen molar-refractivity contribution in [2.45, 2.75) is 27.2 Å². The first kappa shape index (κ1) is 13.5. The van der Waals surface area contributed by atoms with Crippen LogP contribution < -0.4 is 10.2 Å². The third-order valence-corrected chi connectivity index (χ3v) is 2.41. The van der Waals surface area contributed by atoms with Gasteiger partial charge in [-0.05, 0) is 44.0 Å². The zero-order valence-corrected chi connectivity index (χ0v) is 10.6. The van der Waals surface area contributed by atoms with Crippen LogP contribution in [0.3, 0.4) is 0 Å². The number of rotatable bonds is 6. The molecule has 0 atom stereocenters. The van der Waals surface area contributed by atoms with Gasteiger partial charge >= 0.3 is 0 Å². The molecule has 1 aromatic rings. The van der Waals surface area contributed by atoms with Crippen LogP contribution in [0.2, 0.25) is 0 Å². The molecule has 1 amide bonds. The predicted octanol–water partition coefficient (Wildman–Crippen LogP) is 2.14. The monoisotopic (exact) mass is 237 g/mol. The summed E-state index contributed by atoms with van der Waals surface area (Å²) in [5.74, 6) is 0.619. The fraction of sp³-hybridized carbons (Fsp3) is 0.462. The van der Waals surface area contributed by atoms with Gasteiger partial charge in [0.15, 0.2) is 0 Å². The summed E-state index contributed by atoms with van der Waals surface area (Å²) in [6.07, 6.45) is 0.285. The van der Waals surface area contributed by atoms with Crippen LogP contribution in [0.25, 0.3) is 0 Å². The minimum absolute atomic E-state index is 0.171. The van der Waals surface area contributed by atoms with E-state index in [0.29, 0.717) is 13.2 Å². The summed E-state index contributed by atoms with van der Waals surface area (Å²) in [5, 5.41) is 0. The van der Waals surface area contributed by atoms with Gasteiger partial charge in [0.1, 0.15) is 5.75 Å². The lowest BCUT2D eigenvalue weighted by Crippen LogP contribution is -2.25. The maximum Gasteiger partial charge on any atom is 0.246 e. The average Bonchev–Trinajstić information content (AvgIpc) is 2.31. The number of carbonyl (C=O) groups excluding carboxylic acids is 1. The smallest absolute Gasteiger partial charge is 0.246 e. The van der Waals surface area contributed by atoms with Crippen LogP contribution in [0.1, 0.15) is 24.5 Å². The van der Waals surface area contributed by atoms with Crippen molar-refractivity contribution < 1.29 is 14.4 Å². The minimum atomic E-state index is -0.171.